The molecule has 2 atom stereocenters. The molecule has 11 heteroatoms. The number of hydrogen-bond acceptors (Lipinski definition) is 5. The van der Waals surface area contributed by atoms with Crippen molar-refractivity contribution in [3.8, 4) is 11.1 Å². The summed E-state index contributed by atoms with van der Waals surface area (Å²) in [6.07, 6.45) is -0.774. The van der Waals surface area contributed by atoms with Gasteiger partial charge < -0.3 is 9.30 Å². The Morgan fingerprint density at radius 3 is 2.66 bits per heavy atom. The van der Waals surface area contributed by atoms with E-state index in [9.17, 15) is 18.4 Å². The predicted molar refractivity (Wildman–Crippen MR) is 137 cm³/mol. The molecule has 0 N–H and O–H groups in total. The highest BCUT2D eigenvalue weighted by atomic mass is 35.5. The fraction of sp³-hybridized carbons (Fsp3) is 0.333. The van der Waals surface area contributed by atoms with Crippen LogP contribution in [0.25, 0.3) is 16.8 Å². The lowest BCUT2D eigenvalue weighted by Crippen LogP contribution is -2.27. The molecule has 0 spiro atoms. The van der Waals surface area contributed by atoms with E-state index >= 15 is 4.39 Å². The average molecular weight is 545 g/mol. The molecule has 0 radical (unpaired) electrons. The summed E-state index contributed by atoms with van der Waals surface area (Å²) in [5.41, 5.74) is 2.06. The van der Waals surface area contributed by atoms with Crippen LogP contribution in [-0.4, -0.2) is 32.2 Å². The maximum absolute atomic E-state index is 15.0. The Kier molecular flexibility index (Phi) is 7.11. The Hall–Kier alpha value is -3.50. The molecule has 1 fully saturated rings. The molecular formula is C27H24ClF3N4O3. The molecule has 1 aliphatic rings. The number of ether oxygens (including phenoxy) is 1. The van der Waals surface area contributed by atoms with E-state index in [-0.39, 0.29) is 27.7 Å². The first-order valence-corrected chi connectivity index (χ1v) is 12.5. The SMILES string of the molecule is Cc1nc2c(-c3ccc(Cl)cc3F)cc(C3CCOC(c4ccc(=O)n(CC(F)F)c4)C3)nn2c(=O)c1C. The molecule has 7 nitrogen and oxygen atoms in total. The summed E-state index contributed by atoms with van der Waals surface area (Å²) < 4.78 is 49.0. The molecule has 1 aliphatic heterocycles. The summed E-state index contributed by atoms with van der Waals surface area (Å²) in [7, 11) is 0. The minimum absolute atomic E-state index is 0.198. The number of hydrogen-bond donors (Lipinski definition) is 0. The van der Waals surface area contributed by atoms with Crippen LogP contribution >= 0.6 is 11.6 Å². The van der Waals surface area contributed by atoms with E-state index in [1.165, 1.54) is 28.9 Å². The molecule has 0 saturated carbocycles. The Labute approximate surface area is 220 Å². The normalized spacial score (nSPS) is 17.9. The largest absolute Gasteiger partial charge is 0.373 e. The van der Waals surface area contributed by atoms with Crippen LogP contribution in [0.1, 0.15) is 47.4 Å². The Morgan fingerprint density at radius 2 is 1.92 bits per heavy atom. The first-order chi connectivity index (χ1) is 18.1. The maximum atomic E-state index is 15.0. The minimum atomic E-state index is -2.67. The first kappa shape index (κ1) is 26.1. The zero-order valence-electron chi connectivity index (χ0n) is 20.6. The lowest BCUT2D eigenvalue weighted by atomic mass is 9.89. The van der Waals surface area contributed by atoms with Gasteiger partial charge in [0, 0.05) is 52.2 Å². The number of nitrogens with zero attached hydrogens (tertiary/aromatic N) is 4. The van der Waals surface area contributed by atoms with Crippen molar-refractivity contribution in [1.82, 2.24) is 19.2 Å². The number of aryl methyl sites for hydroxylation is 1. The topological polar surface area (TPSA) is 78.5 Å². The quantitative estimate of drug-likeness (QED) is 0.344. The predicted octanol–water partition coefficient (Wildman–Crippen LogP) is 5.23. The zero-order valence-corrected chi connectivity index (χ0v) is 21.4. The molecular weight excluding hydrogens is 521 g/mol. The van der Waals surface area contributed by atoms with Gasteiger partial charge in [0.2, 0.25) is 0 Å². The second-order valence-electron chi connectivity index (χ2n) is 9.39. The van der Waals surface area contributed by atoms with Crippen molar-refractivity contribution < 1.29 is 17.9 Å². The van der Waals surface area contributed by atoms with E-state index in [1.54, 1.807) is 32.0 Å². The van der Waals surface area contributed by atoms with Crippen molar-refractivity contribution in [2.24, 2.45) is 0 Å². The van der Waals surface area contributed by atoms with Crippen LogP contribution in [0.3, 0.4) is 0 Å². The first-order valence-electron chi connectivity index (χ1n) is 12.1. The third-order valence-electron chi connectivity index (χ3n) is 6.92. The minimum Gasteiger partial charge on any atom is -0.373 e. The smallest absolute Gasteiger partial charge is 0.277 e. The van der Waals surface area contributed by atoms with Gasteiger partial charge in [0.25, 0.3) is 17.5 Å². The highest BCUT2D eigenvalue weighted by molar-refractivity contribution is 6.30. The molecule has 0 bridgehead atoms. The van der Waals surface area contributed by atoms with Crippen molar-refractivity contribution >= 4 is 17.2 Å². The molecule has 4 aromatic rings. The third-order valence-corrected chi connectivity index (χ3v) is 7.15. The Bertz CT molecular complexity index is 1650. The van der Waals surface area contributed by atoms with E-state index in [1.807, 2.05) is 0 Å². The van der Waals surface area contributed by atoms with Crippen LogP contribution in [0.5, 0.6) is 0 Å². The van der Waals surface area contributed by atoms with Crippen molar-refractivity contribution in [1.29, 1.82) is 0 Å². The van der Waals surface area contributed by atoms with E-state index in [0.29, 0.717) is 47.5 Å². The molecule has 1 aromatic carbocycles. The van der Waals surface area contributed by atoms with Gasteiger partial charge in [-0.2, -0.15) is 9.61 Å². The van der Waals surface area contributed by atoms with Gasteiger partial charge in [0.05, 0.1) is 18.3 Å². The molecule has 0 amide bonds. The number of pyridine rings is 1. The van der Waals surface area contributed by atoms with Crippen LogP contribution in [0, 0.1) is 19.7 Å². The summed E-state index contributed by atoms with van der Waals surface area (Å²) >= 11 is 5.97. The van der Waals surface area contributed by atoms with E-state index in [2.05, 4.69) is 10.1 Å². The summed E-state index contributed by atoms with van der Waals surface area (Å²) in [5.74, 6) is -0.758. The highest BCUT2D eigenvalue weighted by Gasteiger charge is 2.28. The Balaban J connectivity index is 1.60. The molecule has 1 saturated heterocycles. The second-order valence-corrected chi connectivity index (χ2v) is 9.83. The number of aromatic nitrogens is 4. The van der Waals surface area contributed by atoms with E-state index < -0.39 is 30.5 Å². The summed E-state index contributed by atoms with van der Waals surface area (Å²) in [6.45, 7) is 3.00. The fourth-order valence-electron chi connectivity index (χ4n) is 4.76. The fourth-order valence-corrected chi connectivity index (χ4v) is 4.92. The monoisotopic (exact) mass is 544 g/mol. The zero-order chi connectivity index (χ0) is 27.1. The molecule has 198 valence electrons. The Morgan fingerprint density at radius 1 is 1.13 bits per heavy atom. The van der Waals surface area contributed by atoms with Crippen molar-refractivity contribution in [2.75, 3.05) is 6.61 Å². The molecule has 38 heavy (non-hydrogen) atoms. The standard InChI is InChI=1S/C27H24ClF3N4O3/c1-14-15(2)32-26-20(19-5-4-18(28)10-21(19)29)11-22(33-35(26)27(14)37)16-7-8-38-23(9-16)17-3-6-25(36)34(12-17)13-24(30)31/h3-6,10-12,16,23-24H,7-9,13H2,1-2H3. The summed E-state index contributed by atoms with van der Waals surface area (Å²) in [6, 6.07) is 8.85. The van der Waals surface area contributed by atoms with Gasteiger partial charge in [-0.3, -0.25) is 9.59 Å². The average Bonchev–Trinajstić information content (AvgIpc) is 2.88. The van der Waals surface area contributed by atoms with Crippen LogP contribution in [-0.2, 0) is 11.3 Å². The molecule has 3 aromatic heterocycles. The van der Waals surface area contributed by atoms with E-state index in [0.717, 1.165) is 4.57 Å². The van der Waals surface area contributed by atoms with E-state index in [4.69, 9.17) is 16.3 Å². The van der Waals surface area contributed by atoms with Crippen molar-refractivity contribution in [2.45, 2.75) is 51.7 Å². The number of alkyl halides is 2. The summed E-state index contributed by atoms with van der Waals surface area (Å²) in [5, 5.41) is 4.85. The van der Waals surface area contributed by atoms with Crippen LogP contribution in [0.4, 0.5) is 13.2 Å². The van der Waals surface area contributed by atoms with Gasteiger partial charge in [-0.25, -0.2) is 18.2 Å². The third kappa shape index (κ3) is 4.98. The number of fused-ring (bicyclic) bond motifs is 1. The summed E-state index contributed by atoms with van der Waals surface area (Å²) in [4.78, 5) is 29.7. The highest BCUT2D eigenvalue weighted by Crippen LogP contribution is 2.38. The van der Waals surface area contributed by atoms with Gasteiger partial charge in [-0.1, -0.05) is 11.6 Å². The van der Waals surface area contributed by atoms with Crippen LogP contribution in [0.2, 0.25) is 5.02 Å². The van der Waals surface area contributed by atoms with Gasteiger partial charge in [0.1, 0.15) is 5.82 Å². The van der Waals surface area contributed by atoms with Crippen LogP contribution < -0.4 is 11.1 Å². The lowest BCUT2D eigenvalue weighted by Gasteiger charge is -2.30. The number of halogens is 4. The molecule has 0 aliphatic carbocycles. The van der Waals surface area contributed by atoms with Gasteiger partial charge in [-0.05, 0) is 62.6 Å². The molecule has 5 rings (SSSR count). The van der Waals surface area contributed by atoms with Gasteiger partial charge >= 0.3 is 0 Å². The van der Waals surface area contributed by atoms with Crippen LogP contribution in [0.15, 0.2) is 52.2 Å². The molecule has 4 heterocycles. The molecule has 2 unspecified atom stereocenters. The lowest BCUT2D eigenvalue weighted by molar-refractivity contribution is 0.00390. The number of benzene rings is 1. The second kappa shape index (κ2) is 10.3. The van der Waals surface area contributed by atoms with Crippen molar-refractivity contribution in [3.63, 3.8) is 0 Å². The van der Waals surface area contributed by atoms with Crippen molar-refractivity contribution in [3.05, 3.63) is 96.7 Å². The van der Waals surface area contributed by atoms with Gasteiger partial charge in [-0.15, -0.1) is 0 Å². The maximum Gasteiger partial charge on any atom is 0.277 e. The van der Waals surface area contributed by atoms with Gasteiger partial charge in [0.15, 0.2) is 5.65 Å². The number of rotatable bonds is 5.